The summed E-state index contributed by atoms with van der Waals surface area (Å²) in [6.45, 7) is 4.02. The van der Waals surface area contributed by atoms with Crippen molar-refractivity contribution in [1.29, 1.82) is 0 Å². The molecule has 2 aliphatic rings. The van der Waals surface area contributed by atoms with Crippen LogP contribution in [0.25, 0.3) is 0 Å². The highest BCUT2D eigenvalue weighted by Crippen LogP contribution is 2.41. The zero-order chi connectivity index (χ0) is 17.9. The lowest BCUT2D eigenvalue weighted by Crippen LogP contribution is -2.40. The Bertz CT molecular complexity index is 587. The average Bonchev–Trinajstić information content (AvgIpc) is 2.78. The fourth-order valence-electron chi connectivity index (χ4n) is 4.12. The molecule has 5 nitrogen and oxygen atoms in total. The Kier molecular flexibility index (Phi) is 5.52. The van der Waals surface area contributed by atoms with E-state index >= 15 is 0 Å². The van der Waals surface area contributed by atoms with Crippen LogP contribution in [0.5, 0.6) is 11.5 Å². The SMILES string of the molecule is COc1cc(CN2CCC3(CCC(=O)N(C)CC3)CC2)cc(OC)c1. The van der Waals surface area contributed by atoms with Gasteiger partial charge in [0.1, 0.15) is 11.5 Å². The number of hydrogen-bond acceptors (Lipinski definition) is 4. The second-order valence-electron chi connectivity index (χ2n) is 7.56. The summed E-state index contributed by atoms with van der Waals surface area (Å²) in [5.41, 5.74) is 1.59. The molecule has 0 saturated carbocycles. The molecule has 0 N–H and O–H groups in total. The lowest BCUT2D eigenvalue weighted by molar-refractivity contribution is -0.129. The molecule has 3 rings (SSSR count). The van der Waals surface area contributed by atoms with Crippen molar-refractivity contribution in [3.05, 3.63) is 23.8 Å². The minimum Gasteiger partial charge on any atom is -0.497 e. The Morgan fingerprint density at radius 3 is 2.16 bits per heavy atom. The van der Waals surface area contributed by atoms with Crippen LogP contribution in [0.3, 0.4) is 0 Å². The number of likely N-dealkylation sites (tertiary alicyclic amines) is 2. The van der Waals surface area contributed by atoms with Crippen molar-refractivity contribution in [3.63, 3.8) is 0 Å². The van der Waals surface area contributed by atoms with Gasteiger partial charge in [-0.15, -0.1) is 0 Å². The molecule has 1 amide bonds. The molecule has 0 radical (unpaired) electrons. The molecular formula is C20H30N2O3. The van der Waals surface area contributed by atoms with Gasteiger partial charge in [0.15, 0.2) is 0 Å². The molecule has 0 aromatic heterocycles. The number of carbonyl (C=O) groups is 1. The van der Waals surface area contributed by atoms with E-state index in [9.17, 15) is 4.79 Å². The van der Waals surface area contributed by atoms with Gasteiger partial charge in [-0.2, -0.15) is 0 Å². The lowest BCUT2D eigenvalue weighted by atomic mass is 9.73. The van der Waals surface area contributed by atoms with Crippen molar-refractivity contribution in [2.45, 2.75) is 38.6 Å². The number of ether oxygens (including phenoxy) is 2. The van der Waals surface area contributed by atoms with Gasteiger partial charge in [-0.3, -0.25) is 9.69 Å². The third kappa shape index (κ3) is 4.27. The maximum Gasteiger partial charge on any atom is 0.222 e. The quantitative estimate of drug-likeness (QED) is 0.841. The first-order chi connectivity index (χ1) is 12.0. The second-order valence-corrected chi connectivity index (χ2v) is 7.56. The largest absolute Gasteiger partial charge is 0.497 e. The summed E-state index contributed by atoms with van der Waals surface area (Å²) in [7, 11) is 5.31. The number of benzene rings is 1. The molecule has 138 valence electrons. The van der Waals surface area contributed by atoms with Gasteiger partial charge in [-0.05, 0) is 61.9 Å². The molecule has 2 aliphatic heterocycles. The van der Waals surface area contributed by atoms with Crippen LogP contribution >= 0.6 is 0 Å². The standard InChI is InChI=1S/C20H30N2O3/c1-21-9-6-20(5-4-19(21)23)7-10-22(11-8-20)15-16-12-17(24-2)14-18(13-16)25-3/h12-14H,4-11,15H2,1-3H3. The molecule has 2 saturated heterocycles. The number of rotatable bonds is 4. The Morgan fingerprint density at radius 1 is 0.960 bits per heavy atom. The van der Waals surface area contributed by atoms with Gasteiger partial charge in [0.05, 0.1) is 14.2 Å². The summed E-state index contributed by atoms with van der Waals surface area (Å²) in [6.07, 6.45) is 5.29. The van der Waals surface area contributed by atoms with Gasteiger partial charge in [0, 0.05) is 32.6 Å². The normalized spacial score (nSPS) is 21.2. The zero-order valence-electron chi connectivity index (χ0n) is 15.7. The van der Waals surface area contributed by atoms with Crippen LogP contribution in [0.1, 0.15) is 37.7 Å². The van der Waals surface area contributed by atoms with E-state index in [4.69, 9.17) is 9.47 Å². The third-order valence-corrected chi connectivity index (χ3v) is 6.01. The fraction of sp³-hybridized carbons (Fsp3) is 0.650. The summed E-state index contributed by atoms with van der Waals surface area (Å²) >= 11 is 0. The van der Waals surface area contributed by atoms with Gasteiger partial charge >= 0.3 is 0 Å². The van der Waals surface area contributed by atoms with Gasteiger partial charge in [-0.1, -0.05) is 0 Å². The first kappa shape index (κ1) is 18.1. The fourth-order valence-corrected chi connectivity index (χ4v) is 4.12. The molecular weight excluding hydrogens is 316 g/mol. The van der Waals surface area contributed by atoms with Crippen LogP contribution in [0.4, 0.5) is 0 Å². The van der Waals surface area contributed by atoms with Crippen molar-refractivity contribution in [3.8, 4) is 11.5 Å². The van der Waals surface area contributed by atoms with Gasteiger partial charge in [0.25, 0.3) is 0 Å². The van der Waals surface area contributed by atoms with Crippen LogP contribution in [0.15, 0.2) is 18.2 Å². The molecule has 2 fully saturated rings. The van der Waals surface area contributed by atoms with Crippen molar-refractivity contribution < 1.29 is 14.3 Å². The number of hydrogen-bond donors (Lipinski definition) is 0. The molecule has 0 aliphatic carbocycles. The van der Waals surface area contributed by atoms with E-state index < -0.39 is 0 Å². The van der Waals surface area contributed by atoms with Crippen LogP contribution in [-0.4, -0.2) is 56.6 Å². The van der Waals surface area contributed by atoms with E-state index in [2.05, 4.69) is 17.0 Å². The predicted octanol–water partition coefficient (Wildman–Crippen LogP) is 2.93. The minimum atomic E-state index is 0.308. The zero-order valence-corrected chi connectivity index (χ0v) is 15.7. The summed E-state index contributed by atoms with van der Waals surface area (Å²) in [5, 5.41) is 0. The average molecular weight is 346 g/mol. The molecule has 5 heteroatoms. The smallest absolute Gasteiger partial charge is 0.222 e. The van der Waals surface area contributed by atoms with Crippen molar-refractivity contribution in [2.75, 3.05) is 40.9 Å². The summed E-state index contributed by atoms with van der Waals surface area (Å²) in [5.74, 6) is 1.99. The van der Waals surface area contributed by atoms with E-state index in [1.54, 1.807) is 14.2 Å². The summed E-state index contributed by atoms with van der Waals surface area (Å²) < 4.78 is 10.8. The molecule has 0 bridgehead atoms. The molecule has 25 heavy (non-hydrogen) atoms. The molecule has 1 aromatic rings. The van der Waals surface area contributed by atoms with E-state index in [0.29, 0.717) is 17.7 Å². The van der Waals surface area contributed by atoms with Crippen LogP contribution in [-0.2, 0) is 11.3 Å². The highest BCUT2D eigenvalue weighted by Gasteiger charge is 2.37. The molecule has 0 unspecified atom stereocenters. The maximum absolute atomic E-state index is 12.0. The summed E-state index contributed by atoms with van der Waals surface area (Å²) in [6, 6.07) is 6.09. The van der Waals surface area contributed by atoms with Crippen molar-refractivity contribution in [2.24, 2.45) is 5.41 Å². The topological polar surface area (TPSA) is 42.0 Å². The Hall–Kier alpha value is -1.75. The van der Waals surface area contributed by atoms with Crippen LogP contribution < -0.4 is 9.47 Å². The Labute approximate surface area is 150 Å². The van der Waals surface area contributed by atoms with Gasteiger partial charge < -0.3 is 14.4 Å². The highest BCUT2D eigenvalue weighted by atomic mass is 16.5. The number of amides is 1. The highest BCUT2D eigenvalue weighted by molar-refractivity contribution is 5.76. The Morgan fingerprint density at radius 2 is 1.56 bits per heavy atom. The molecule has 2 heterocycles. The molecule has 1 aromatic carbocycles. The monoisotopic (exact) mass is 346 g/mol. The number of methoxy groups -OCH3 is 2. The van der Waals surface area contributed by atoms with Gasteiger partial charge in [-0.25, -0.2) is 0 Å². The van der Waals surface area contributed by atoms with Crippen LogP contribution in [0, 0.1) is 5.41 Å². The van der Waals surface area contributed by atoms with Crippen molar-refractivity contribution in [1.82, 2.24) is 9.80 Å². The number of piperidine rings is 1. The molecule has 1 spiro atoms. The maximum atomic E-state index is 12.0. The van der Waals surface area contributed by atoms with Gasteiger partial charge in [0.2, 0.25) is 5.91 Å². The molecule has 0 atom stereocenters. The Balaban J connectivity index is 1.60. The lowest BCUT2D eigenvalue weighted by Gasteiger charge is -2.41. The first-order valence-corrected chi connectivity index (χ1v) is 9.22. The number of nitrogens with zero attached hydrogens (tertiary/aromatic N) is 2. The van der Waals surface area contributed by atoms with E-state index in [-0.39, 0.29) is 0 Å². The number of carbonyl (C=O) groups excluding carboxylic acids is 1. The van der Waals surface area contributed by atoms with E-state index in [1.807, 2.05) is 18.0 Å². The second kappa shape index (κ2) is 7.65. The van der Waals surface area contributed by atoms with Crippen molar-refractivity contribution >= 4 is 5.91 Å². The summed E-state index contributed by atoms with van der Waals surface area (Å²) in [4.78, 5) is 16.4. The predicted molar refractivity (Wildman–Crippen MR) is 98.0 cm³/mol. The van der Waals surface area contributed by atoms with E-state index in [0.717, 1.165) is 50.5 Å². The van der Waals surface area contributed by atoms with E-state index in [1.165, 1.54) is 18.4 Å². The van der Waals surface area contributed by atoms with Crippen LogP contribution in [0.2, 0.25) is 0 Å². The first-order valence-electron chi connectivity index (χ1n) is 9.22. The third-order valence-electron chi connectivity index (χ3n) is 6.01. The minimum absolute atomic E-state index is 0.308.